The maximum absolute atomic E-state index is 12.5. The van der Waals surface area contributed by atoms with E-state index in [-0.39, 0.29) is 18.4 Å². The molecule has 104 valence electrons. The number of amides is 1. The zero-order valence-corrected chi connectivity index (χ0v) is 11.3. The van der Waals surface area contributed by atoms with E-state index in [1.165, 1.54) is 0 Å². The van der Waals surface area contributed by atoms with Crippen LogP contribution >= 0.6 is 0 Å². The van der Waals surface area contributed by atoms with E-state index in [0.29, 0.717) is 13.1 Å². The molecule has 0 radical (unpaired) electrons. The molecule has 1 atom stereocenters. The van der Waals surface area contributed by atoms with Crippen molar-refractivity contribution < 1.29 is 9.90 Å². The van der Waals surface area contributed by atoms with Crippen molar-refractivity contribution in [2.24, 2.45) is 13.0 Å². The molecule has 1 aromatic rings. The van der Waals surface area contributed by atoms with Crippen LogP contribution in [0.1, 0.15) is 25.1 Å². The summed E-state index contributed by atoms with van der Waals surface area (Å²) < 4.78 is 1.90. The Bertz CT molecular complexity index is 453. The standard InChI is InChI=1S/C14H21N3O2/c1-16-8-7-15-13(16)11-17(9-10-18)14(19)12-5-3-2-4-6-12/h2-3,7-8,12,18H,4-6,9-11H2,1H3. The van der Waals surface area contributed by atoms with Gasteiger partial charge in [0.25, 0.3) is 0 Å². The van der Waals surface area contributed by atoms with Crippen molar-refractivity contribution in [3.05, 3.63) is 30.4 Å². The van der Waals surface area contributed by atoms with Gasteiger partial charge in [0.1, 0.15) is 5.82 Å². The molecule has 1 aliphatic carbocycles. The average molecular weight is 263 g/mol. The van der Waals surface area contributed by atoms with Crippen LogP contribution in [0.4, 0.5) is 0 Å². The maximum atomic E-state index is 12.5. The van der Waals surface area contributed by atoms with Crippen LogP contribution in [0.2, 0.25) is 0 Å². The number of allylic oxidation sites excluding steroid dienone is 2. The molecular weight excluding hydrogens is 242 g/mol. The van der Waals surface area contributed by atoms with Gasteiger partial charge in [-0.15, -0.1) is 0 Å². The number of carbonyl (C=O) groups excluding carboxylic acids is 1. The molecule has 0 saturated heterocycles. The number of aryl methyl sites for hydroxylation is 1. The zero-order valence-electron chi connectivity index (χ0n) is 11.3. The second-order valence-electron chi connectivity index (χ2n) is 4.92. The molecule has 0 aliphatic heterocycles. The predicted octanol–water partition coefficient (Wildman–Crippen LogP) is 1.10. The zero-order chi connectivity index (χ0) is 13.7. The number of hydrogen-bond donors (Lipinski definition) is 1. The molecule has 1 N–H and O–H groups in total. The van der Waals surface area contributed by atoms with E-state index in [1.807, 2.05) is 17.8 Å². The van der Waals surface area contributed by atoms with Gasteiger partial charge in [0.05, 0.1) is 13.2 Å². The summed E-state index contributed by atoms with van der Waals surface area (Å²) in [6, 6.07) is 0. The molecular formula is C14H21N3O2. The van der Waals surface area contributed by atoms with Crippen molar-refractivity contribution in [1.82, 2.24) is 14.5 Å². The first-order chi connectivity index (χ1) is 9.22. The fourth-order valence-electron chi connectivity index (χ4n) is 2.38. The van der Waals surface area contributed by atoms with Gasteiger partial charge in [0.2, 0.25) is 5.91 Å². The van der Waals surface area contributed by atoms with Crippen LogP contribution in [0.15, 0.2) is 24.5 Å². The predicted molar refractivity (Wildman–Crippen MR) is 72.2 cm³/mol. The number of aromatic nitrogens is 2. The number of carbonyl (C=O) groups is 1. The molecule has 1 aromatic heterocycles. The smallest absolute Gasteiger partial charge is 0.226 e. The van der Waals surface area contributed by atoms with Crippen LogP contribution in [-0.4, -0.2) is 38.6 Å². The van der Waals surface area contributed by atoms with Crippen molar-refractivity contribution in [1.29, 1.82) is 0 Å². The largest absolute Gasteiger partial charge is 0.395 e. The third-order valence-corrected chi connectivity index (χ3v) is 3.55. The highest BCUT2D eigenvalue weighted by Gasteiger charge is 2.24. The quantitative estimate of drug-likeness (QED) is 0.809. The van der Waals surface area contributed by atoms with Crippen molar-refractivity contribution in [3.8, 4) is 0 Å². The summed E-state index contributed by atoms with van der Waals surface area (Å²) in [5.74, 6) is 1.02. The summed E-state index contributed by atoms with van der Waals surface area (Å²) in [5, 5.41) is 9.15. The third-order valence-electron chi connectivity index (χ3n) is 3.55. The molecule has 1 unspecified atom stereocenters. The number of imidazole rings is 1. The molecule has 5 heteroatoms. The molecule has 0 fully saturated rings. The Hall–Kier alpha value is -1.62. The lowest BCUT2D eigenvalue weighted by Crippen LogP contribution is -2.38. The average Bonchev–Trinajstić information content (AvgIpc) is 2.84. The Morgan fingerprint density at radius 2 is 2.42 bits per heavy atom. The van der Waals surface area contributed by atoms with E-state index in [9.17, 15) is 4.79 Å². The number of hydrogen-bond acceptors (Lipinski definition) is 3. The van der Waals surface area contributed by atoms with E-state index in [2.05, 4.69) is 17.1 Å². The van der Waals surface area contributed by atoms with Gasteiger partial charge in [0, 0.05) is 31.9 Å². The Morgan fingerprint density at radius 1 is 1.58 bits per heavy atom. The van der Waals surface area contributed by atoms with Gasteiger partial charge in [-0.1, -0.05) is 12.2 Å². The normalized spacial score (nSPS) is 18.5. The first kappa shape index (κ1) is 13.8. The fourth-order valence-corrected chi connectivity index (χ4v) is 2.38. The highest BCUT2D eigenvalue weighted by atomic mass is 16.3. The second-order valence-corrected chi connectivity index (χ2v) is 4.92. The molecule has 1 aliphatic rings. The fraction of sp³-hybridized carbons (Fsp3) is 0.571. The minimum Gasteiger partial charge on any atom is -0.395 e. The van der Waals surface area contributed by atoms with Crippen LogP contribution in [-0.2, 0) is 18.4 Å². The Kier molecular flexibility index (Phi) is 4.74. The molecule has 1 amide bonds. The first-order valence-electron chi connectivity index (χ1n) is 6.73. The van der Waals surface area contributed by atoms with E-state index in [0.717, 1.165) is 25.1 Å². The molecule has 0 saturated carbocycles. The lowest BCUT2D eigenvalue weighted by molar-refractivity contribution is -0.137. The van der Waals surface area contributed by atoms with Gasteiger partial charge < -0.3 is 14.6 Å². The Morgan fingerprint density at radius 3 is 3.00 bits per heavy atom. The summed E-state index contributed by atoms with van der Waals surface area (Å²) in [6.07, 6.45) is 10.5. The summed E-state index contributed by atoms with van der Waals surface area (Å²) in [5.41, 5.74) is 0. The van der Waals surface area contributed by atoms with Gasteiger partial charge in [-0.2, -0.15) is 0 Å². The van der Waals surface area contributed by atoms with Crippen LogP contribution < -0.4 is 0 Å². The molecule has 19 heavy (non-hydrogen) atoms. The number of nitrogens with zero attached hydrogens (tertiary/aromatic N) is 3. The van der Waals surface area contributed by atoms with E-state index >= 15 is 0 Å². The van der Waals surface area contributed by atoms with Crippen LogP contribution in [0, 0.1) is 5.92 Å². The van der Waals surface area contributed by atoms with Gasteiger partial charge in [-0.05, 0) is 19.3 Å². The van der Waals surface area contributed by atoms with Crippen molar-refractivity contribution in [2.45, 2.75) is 25.8 Å². The molecule has 1 heterocycles. The van der Waals surface area contributed by atoms with Crippen LogP contribution in [0.5, 0.6) is 0 Å². The number of aliphatic hydroxyl groups excluding tert-OH is 1. The summed E-state index contributed by atoms with van der Waals surface area (Å²) >= 11 is 0. The lowest BCUT2D eigenvalue weighted by atomic mass is 9.93. The number of rotatable bonds is 5. The highest BCUT2D eigenvalue weighted by molar-refractivity contribution is 5.79. The summed E-state index contributed by atoms with van der Waals surface area (Å²) in [7, 11) is 1.91. The molecule has 0 spiro atoms. The van der Waals surface area contributed by atoms with Gasteiger partial charge in [-0.3, -0.25) is 4.79 Å². The SMILES string of the molecule is Cn1ccnc1CN(CCO)C(=O)C1CC=CCC1. The van der Waals surface area contributed by atoms with E-state index in [4.69, 9.17) is 5.11 Å². The minimum absolute atomic E-state index is 0.0152. The Balaban J connectivity index is 2.04. The van der Waals surface area contributed by atoms with Crippen molar-refractivity contribution in [3.63, 3.8) is 0 Å². The number of aliphatic hydroxyl groups is 1. The third kappa shape index (κ3) is 3.44. The van der Waals surface area contributed by atoms with Crippen molar-refractivity contribution >= 4 is 5.91 Å². The van der Waals surface area contributed by atoms with Crippen molar-refractivity contribution in [2.75, 3.05) is 13.2 Å². The maximum Gasteiger partial charge on any atom is 0.226 e. The minimum atomic E-state index is -0.0152. The molecule has 0 bridgehead atoms. The first-order valence-corrected chi connectivity index (χ1v) is 6.73. The summed E-state index contributed by atoms with van der Waals surface area (Å²) in [4.78, 5) is 18.4. The monoisotopic (exact) mass is 263 g/mol. The Labute approximate surface area is 113 Å². The molecule has 2 rings (SSSR count). The lowest BCUT2D eigenvalue weighted by Gasteiger charge is -2.27. The highest BCUT2D eigenvalue weighted by Crippen LogP contribution is 2.21. The topological polar surface area (TPSA) is 58.4 Å². The van der Waals surface area contributed by atoms with E-state index in [1.54, 1.807) is 11.1 Å². The molecule has 5 nitrogen and oxygen atoms in total. The molecule has 0 aromatic carbocycles. The van der Waals surface area contributed by atoms with Crippen LogP contribution in [0.25, 0.3) is 0 Å². The second kappa shape index (κ2) is 6.52. The van der Waals surface area contributed by atoms with Gasteiger partial charge >= 0.3 is 0 Å². The van der Waals surface area contributed by atoms with Gasteiger partial charge in [0.15, 0.2) is 0 Å². The van der Waals surface area contributed by atoms with Crippen LogP contribution in [0.3, 0.4) is 0 Å². The summed E-state index contributed by atoms with van der Waals surface area (Å²) in [6.45, 7) is 0.813. The van der Waals surface area contributed by atoms with E-state index < -0.39 is 0 Å². The van der Waals surface area contributed by atoms with Gasteiger partial charge in [-0.25, -0.2) is 4.98 Å².